The van der Waals surface area contributed by atoms with Crippen molar-refractivity contribution >= 4 is 23.1 Å². The zero-order valence-electron chi connectivity index (χ0n) is 16.3. The quantitative estimate of drug-likeness (QED) is 0.803. The van der Waals surface area contributed by atoms with E-state index < -0.39 is 12.1 Å². The van der Waals surface area contributed by atoms with E-state index in [4.69, 9.17) is 21.7 Å². The predicted molar refractivity (Wildman–Crippen MR) is 113 cm³/mol. The van der Waals surface area contributed by atoms with E-state index in [0.29, 0.717) is 6.54 Å². The molecule has 1 aliphatic carbocycles. The normalized spacial score (nSPS) is 18.0. The average Bonchev–Trinajstić information content (AvgIpc) is 2.85. The van der Waals surface area contributed by atoms with E-state index in [2.05, 4.69) is 23.1 Å². The summed E-state index contributed by atoms with van der Waals surface area (Å²) in [5.41, 5.74) is 7.43. The molecule has 29 heavy (non-hydrogen) atoms. The minimum Gasteiger partial charge on any atom is -0.481 e. The first kappa shape index (κ1) is 20.1. The Morgan fingerprint density at radius 3 is 2.66 bits per heavy atom. The maximum atomic E-state index is 10.8. The number of halogens is 1. The number of piperidine rings is 1. The molecule has 2 aromatic rings. The van der Waals surface area contributed by atoms with Gasteiger partial charge in [0.15, 0.2) is 0 Å². The van der Waals surface area contributed by atoms with Crippen molar-refractivity contribution in [3.63, 3.8) is 0 Å². The third kappa shape index (κ3) is 4.53. The summed E-state index contributed by atoms with van der Waals surface area (Å²) in [6.07, 6.45) is 4.47. The molecule has 5 nitrogen and oxygen atoms in total. The Bertz CT molecular complexity index is 947. The van der Waals surface area contributed by atoms with Crippen LogP contribution in [-0.4, -0.2) is 51.8 Å². The molecule has 2 heterocycles. The molecular weight excluding hydrogens is 388 g/mol. The number of β-amino-alcohol motifs (C(OH)–C–C–N with tert-alkyl or cyclic N) is 1. The van der Waals surface area contributed by atoms with Gasteiger partial charge in [-0.2, -0.15) is 0 Å². The fourth-order valence-corrected chi connectivity index (χ4v) is 4.65. The Balaban J connectivity index is 1.64. The molecule has 1 atom stereocenters. The fraction of sp³-hybridized carbons (Fsp3) is 0.391. The lowest BCUT2D eigenvalue weighted by Crippen LogP contribution is -2.38. The zero-order chi connectivity index (χ0) is 20.4. The topological polar surface area (TPSA) is 73.7 Å². The van der Waals surface area contributed by atoms with Gasteiger partial charge in [-0.25, -0.2) is 0 Å². The van der Waals surface area contributed by atoms with Crippen LogP contribution in [0.1, 0.15) is 41.6 Å². The molecule has 1 saturated heterocycles. The highest BCUT2D eigenvalue weighted by atomic mass is 35.5. The number of rotatable bonds is 4. The molecule has 1 aromatic heterocycles. The van der Waals surface area contributed by atoms with Crippen molar-refractivity contribution in [1.82, 2.24) is 9.88 Å². The molecule has 4 rings (SSSR count). The summed E-state index contributed by atoms with van der Waals surface area (Å²) in [7, 11) is 0. The zero-order valence-corrected chi connectivity index (χ0v) is 17.0. The lowest BCUT2D eigenvalue weighted by molar-refractivity contribution is -0.139. The van der Waals surface area contributed by atoms with Gasteiger partial charge in [0.1, 0.15) is 0 Å². The number of aryl methyl sites for hydroxylation is 2. The van der Waals surface area contributed by atoms with Crippen LogP contribution in [0.2, 0.25) is 5.02 Å². The molecule has 1 unspecified atom stereocenters. The predicted octanol–water partition coefficient (Wildman–Crippen LogP) is 3.57. The molecule has 0 spiro atoms. The number of nitrogens with zero attached hydrogens (tertiary/aromatic N) is 2. The van der Waals surface area contributed by atoms with Crippen LogP contribution in [0.25, 0.3) is 5.57 Å². The Morgan fingerprint density at radius 2 is 1.90 bits per heavy atom. The van der Waals surface area contributed by atoms with Crippen molar-refractivity contribution in [3.8, 4) is 0 Å². The van der Waals surface area contributed by atoms with Crippen molar-refractivity contribution in [2.24, 2.45) is 0 Å². The third-order valence-corrected chi connectivity index (χ3v) is 6.06. The molecule has 6 heteroatoms. The number of aliphatic hydroxyl groups is 1. The van der Waals surface area contributed by atoms with E-state index in [9.17, 15) is 9.90 Å². The number of hydrogen-bond acceptors (Lipinski definition) is 4. The molecule has 1 aromatic carbocycles. The number of aliphatic hydroxyl groups excluding tert-OH is 1. The van der Waals surface area contributed by atoms with Gasteiger partial charge in [0.05, 0.1) is 18.2 Å². The van der Waals surface area contributed by atoms with E-state index in [1.54, 1.807) is 0 Å². The van der Waals surface area contributed by atoms with Gasteiger partial charge in [-0.05, 0) is 60.6 Å². The number of aliphatic carboxylic acids is 1. The number of carboxylic acid groups (broad SMARTS) is 1. The first-order valence-corrected chi connectivity index (χ1v) is 10.5. The van der Waals surface area contributed by atoms with Crippen LogP contribution in [0.5, 0.6) is 0 Å². The highest BCUT2D eigenvalue weighted by Gasteiger charge is 2.26. The van der Waals surface area contributed by atoms with Crippen molar-refractivity contribution in [3.05, 3.63) is 69.5 Å². The molecular formula is C23H25ClN2O3. The number of hydrogen-bond donors (Lipinski definition) is 2. The minimum absolute atomic E-state index is 0.212. The SMILES string of the molecule is O=C(O)CC(O)CN1CCC(=C2c3ccc(Cl)cc3CCc3cccnc32)CC1. The van der Waals surface area contributed by atoms with Gasteiger partial charge < -0.3 is 15.1 Å². The third-order valence-electron chi connectivity index (χ3n) is 5.82. The van der Waals surface area contributed by atoms with Crippen LogP contribution < -0.4 is 0 Å². The van der Waals surface area contributed by atoms with Crippen molar-refractivity contribution < 1.29 is 15.0 Å². The van der Waals surface area contributed by atoms with Crippen molar-refractivity contribution in [1.29, 1.82) is 0 Å². The molecule has 0 saturated carbocycles. The lowest BCUT2D eigenvalue weighted by Gasteiger charge is -2.31. The highest BCUT2D eigenvalue weighted by Crippen LogP contribution is 2.38. The lowest BCUT2D eigenvalue weighted by atomic mass is 9.88. The monoisotopic (exact) mass is 412 g/mol. The number of carbonyl (C=O) groups is 1. The second-order valence-electron chi connectivity index (χ2n) is 7.84. The maximum absolute atomic E-state index is 10.8. The molecule has 2 aliphatic rings. The summed E-state index contributed by atoms with van der Waals surface area (Å²) in [4.78, 5) is 17.7. The number of pyridine rings is 1. The van der Waals surface area contributed by atoms with Crippen molar-refractivity contribution in [2.75, 3.05) is 19.6 Å². The Hall–Kier alpha value is -2.21. The van der Waals surface area contributed by atoms with E-state index >= 15 is 0 Å². The summed E-state index contributed by atoms with van der Waals surface area (Å²) in [5.74, 6) is -0.964. The van der Waals surface area contributed by atoms with Crippen LogP contribution in [0.3, 0.4) is 0 Å². The van der Waals surface area contributed by atoms with E-state index in [0.717, 1.165) is 49.5 Å². The molecule has 2 N–H and O–H groups in total. The van der Waals surface area contributed by atoms with E-state index in [1.807, 2.05) is 18.3 Å². The van der Waals surface area contributed by atoms with Gasteiger partial charge in [0, 0.05) is 36.4 Å². The Labute approximate surface area is 175 Å². The summed E-state index contributed by atoms with van der Waals surface area (Å²) in [6.45, 7) is 2.01. The summed E-state index contributed by atoms with van der Waals surface area (Å²) >= 11 is 6.27. The largest absolute Gasteiger partial charge is 0.481 e. The van der Waals surface area contributed by atoms with Gasteiger partial charge in [0.2, 0.25) is 0 Å². The second kappa shape index (κ2) is 8.66. The van der Waals surface area contributed by atoms with E-state index in [-0.39, 0.29) is 6.42 Å². The standard InChI is InChI=1S/C23H25ClN2O3/c24-18-5-6-20-17(12-18)4-3-16-2-1-9-25-23(16)22(20)15-7-10-26(11-8-15)14-19(27)13-21(28)29/h1-2,5-6,9,12,19,27H,3-4,7-8,10-11,13-14H2,(H,28,29). The molecule has 1 fully saturated rings. The van der Waals surface area contributed by atoms with Crippen molar-refractivity contribution in [2.45, 2.75) is 38.2 Å². The average molecular weight is 413 g/mol. The minimum atomic E-state index is -0.964. The Kier molecular flexibility index (Phi) is 5.99. The van der Waals surface area contributed by atoms with Gasteiger partial charge in [-0.3, -0.25) is 9.78 Å². The smallest absolute Gasteiger partial charge is 0.306 e. The van der Waals surface area contributed by atoms with Crippen LogP contribution in [0.4, 0.5) is 0 Å². The van der Waals surface area contributed by atoms with Crippen LogP contribution in [0, 0.1) is 0 Å². The molecule has 0 amide bonds. The summed E-state index contributed by atoms with van der Waals surface area (Å²) in [6, 6.07) is 10.3. The van der Waals surface area contributed by atoms with Gasteiger partial charge in [-0.15, -0.1) is 0 Å². The van der Waals surface area contributed by atoms with Gasteiger partial charge in [-0.1, -0.05) is 29.3 Å². The number of carboxylic acids is 1. The fourth-order valence-electron chi connectivity index (χ4n) is 4.45. The number of fused-ring (bicyclic) bond motifs is 2. The number of benzene rings is 1. The van der Waals surface area contributed by atoms with Gasteiger partial charge in [0.25, 0.3) is 0 Å². The van der Waals surface area contributed by atoms with Crippen LogP contribution >= 0.6 is 11.6 Å². The number of aromatic nitrogens is 1. The molecule has 0 bridgehead atoms. The van der Waals surface area contributed by atoms with Gasteiger partial charge >= 0.3 is 5.97 Å². The molecule has 0 radical (unpaired) electrons. The first-order valence-electron chi connectivity index (χ1n) is 10.1. The highest BCUT2D eigenvalue weighted by molar-refractivity contribution is 6.30. The number of likely N-dealkylation sites (tertiary alicyclic amines) is 1. The Morgan fingerprint density at radius 1 is 1.14 bits per heavy atom. The first-order chi connectivity index (χ1) is 14.0. The van der Waals surface area contributed by atoms with Crippen LogP contribution in [-0.2, 0) is 17.6 Å². The summed E-state index contributed by atoms with van der Waals surface area (Å²) in [5, 5.41) is 19.6. The maximum Gasteiger partial charge on any atom is 0.306 e. The summed E-state index contributed by atoms with van der Waals surface area (Å²) < 4.78 is 0. The molecule has 152 valence electrons. The second-order valence-corrected chi connectivity index (χ2v) is 8.28. The van der Waals surface area contributed by atoms with E-state index in [1.165, 1.54) is 27.8 Å². The molecule has 1 aliphatic heterocycles. The van der Waals surface area contributed by atoms with Crippen LogP contribution in [0.15, 0.2) is 42.1 Å².